The molecule has 0 aliphatic rings. The Balaban J connectivity index is 2.16. The Bertz CT molecular complexity index is 706. The van der Waals surface area contributed by atoms with Crippen molar-refractivity contribution in [2.24, 2.45) is 0 Å². The van der Waals surface area contributed by atoms with E-state index in [0.29, 0.717) is 16.5 Å². The van der Waals surface area contributed by atoms with Crippen LogP contribution in [0.25, 0.3) is 22.6 Å². The van der Waals surface area contributed by atoms with E-state index in [1.807, 2.05) is 36.4 Å². The molecule has 3 nitrogen and oxygen atoms in total. The summed E-state index contributed by atoms with van der Waals surface area (Å²) < 4.78 is 10.9. The number of oxazole rings is 1. The highest BCUT2D eigenvalue weighted by Crippen LogP contribution is 2.30. The van der Waals surface area contributed by atoms with Crippen LogP contribution in [0.15, 0.2) is 46.9 Å². The van der Waals surface area contributed by atoms with Crippen molar-refractivity contribution in [2.75, 3.05) is 7.11 Å². The van der Waals surface area contributed by atoms with E-state index in [1.54, 1.807) is 13.2 Å². The summed E-state index contributed by atoms with van der Waals surface area (Å²) in [5.74, 6) is 1.30. The van der Waals surface area contributed by atoms with Gasteiger partial charge in [-0.05, 0) is 30.3 Å². The lowest BCUT2D eigenvalue weighted by atomic mass is 10.2. The van der Waals surface area contributed by atoms with Gasteiger partial charge in [0.15, 0.2) is 5.58 Å². The maximum Gasteiger partial charge on any atom is 0.227 e. The zero-order valence-corrected chi connectivity index (χ0v) is 10.4. The molecule has 1 heterocycles. The van der Waals surface area contributed by atoms with Gasteiger partial charge < -0.3 is 9.15 Å². The molecule has 0 unspecified atom stereocenters. The number of aromatic nitrogens is 1. The van der Waals surface area contributed by atoms with Crippen LogP contribution in [0.2, 0.25) is 5.02 Å². The van der Waals surface area contributed by atoms with E-state index in [1.165, 1.54) is 0 Å². The van der Waals surface area contributed by atoms with Gasteiger partial charge in [-0.2, -0.15) is 0 Å². The second-order valence-corrected chi connectivity index (χ2v) is 4.25. The predicted octanol–water partition coefficient (Wildman–Crippen LogP) is 4.16. The van der Waals surface area contributed by atoms with Crippen molar-refractivity contribution in [1.82, 2.24) is 4.98 Å². The van der Waals surface area contributed by atoms with Crippen molar-refractivity contribution in [2.45, 2.75) is 0 Å². The summed E-state index contributed by atoms with van der Waals surface area (Å²) in [5, 5.41) is 0.564. The molecule has 3 rings (SSSR count). The van der Waals surface area contributed by atoms with Crippen LogP contribution in [0, 0.1) is 0 Å². The van der Waals surface area contributed by atoms with Crippen molar-refractivity contribution in [3.05, 3.63) is 47.5 Å². The van der Waals surface area contributed by atoms with Crippen LogP contribution < -0.4 is 4.74 Å². The lowest BCUT2D eigenvalue weighted by Gasteiger charge is -2.00. The van der Waals surface area contributed by atoms with Crippen LogP contribution in [0.1, 0.15) is 0 Å². The highest BCUT2D eigenvalue weighted by atomic mass is 35.5. The molecule has 90 valence electrons. The minimum atomic E-state index is 0.539. The minimum Gasteiger partial charge on any atom is -0.497 e. The topological polar surface area (TPSA) is 35.3 Å². The smallest absolute Gasteiger partial charge is 0.227 e. The molecule has 0 bridgehead atoms. The zero-order valence-electron chi connectivity index (χ0n) is 9.68. The molecule has 0 saturated heterocycles. The molecule has 18 heavy (non-hydrogen) atoms. The first-order valence-electron chi connectivity index (χ1n) is 5.47. The van der Waals surface area contributed by atoms with Gasteiger partial charge in [-0.1, -0.05) is 23.7 Å². The summed E-state index contributed by atoms with van der Waals surface area (Å²) in [7, 11) is 1.63. The van der Waals surface area contributed by atoms with Crippen molar-refractivity contribution >= 4 is 22.7 Å². The van der Waals surface area contributed by atoms with E-state index in [9.17, 15) is 0 Å². The zero-order chi connectivity index (χ0) is 12.5. The number of nitrogens with zero attached hydrogens (tertiary/aromatic N) is 1. The van der Waals surface area contributed by atoms with E-state index in [4.69, 9.17) is 20.8 Å². The summed E-state index contributed by atoms with van der Waals surface area (Å²) >= 11 is 6.06. The second kappa shape index (κ2) is 4.35. The molecule has 0 aliphatic heterocycles. The molecule has 0 saturated carbocycles. The number of ether oxygens (including phenoxy) is 1. The third kappa shape index (κ3) is 1.83. The van der Waals surface area contributed by atoms with Crippen molar-refractivity contribution < 1.29 is 9.15 Å². The quantitative estimate of drug-likeness (QED) is 0.693. The summed E-state index contributed by atoms with van der Waals surface area (Å²) in [6, 6.07) is 13.1. The second-order valence-electron chi connectivity index (χ2n) is 3.84. The molecular weight excluding hydrogens is 250 g/mol. The van der Waals surface area contributed by atoms with Crippen LogP contribution in [0.4, 0.5) is 0 Å². The molecule has 2 aromatic carbocycles. The molecule has 0 amide bonds. The first kappa shape index (κ1) is 11.1. The number of hydrogen-bond donors (Lipinski definition) is 0. The predicted molar refractivity (Wildman–Crippen MR) is 71.0 cm³/mol. The van der Waals surface area contributed by atoms with Crippen LogP contribution in [0.3, 0.4) is 0 Å². The Kier molecular flexibility index (Phi) is 2.68. The minimum absolute atomic E-state index is 0.539. The maximum atomic E-state index is 6.06. The average molecular weight is 260 g/mol. The molecular formula is C14H10ClNO2. The highest BCUT2D eigenvalue weighted by Gasteiger charge is 2.10. The van der Waals surface area contributed by atoms with E-state index < -0.39 is 0 Å². The lowest BCUT2D eigenvalue weighted by Crippen LogP contribution is -1.83. The summed E-state index contributed by atoms with van der Waals surface area (Å²) in [5.41, 5.74) is 2.22. The first-order valence-corrected chi connectivity index (χ1v) is 5.85. The SMILES string of the molecule is COc1cccc(-c2nc3cccc(Cl)c3o2)c1. The molecule has 0 fully saturated rings. The van der Waals surface area contributed by atoms with E-state index >= 15 is 0 Å². The Hall–Kier alpha value is -2.00. The van der Waals surface area contributed by atoms with E-state index in [-0.39, 0.29) is 0 Å². The Labute approximate surface area is 109 Å². The largest absolute Gasteiger partial charge is 0.497 e. The Morgan fingerprint density at radius 3 is 2.78 bits per heavy atom. The van der Waals surface area contributed by atoms with Gasteiger partial charge in [-0.25, -0.2) is 4.98 Å². The molecule has 0 N–H and O–H groups in total. The van der Waals surface area contributed by atoms with Crippen molar-refractivity contribution in [3.63, 3.8) is 0 Å². The fourth-order valence-corrected chi connectivity index (χ4v) is 2.00. The third-order valence-electron chi connectivity index (χ3n) is 2.68. The van der Waals surface area contributed by atoms with Crippen LogP contribution in [-0.4, -0.2) is 12.1 Å². The number of benzene rings is 2. The van der Waals surface area contributed by atoms with E-state index in [2.05, 4.69) is 4.98 Å². The van der Waals surface area contributed by atoms with Gasteiger partial charge in [0, 0.05) is 5.56 Å². The molecule has 3 aromatic rings. The number of rotatable bonds is 2. The van der Waals surface area contributed by atoms with Gasteiger partial charge in [0.2, 0.25) is 5.89 Å². The van der Waals surface area contributed by atoms with Gasteiger partial charge in [-0.15, -0.1) is 0 Å². The molecule has 0 radical (unpaired) electrons. The summed E-state index contributed by atoms with van der Waals surface area (Å²) in [4.78, 5) is 4.41. The van der Waals surface area contributed by atoms with Gasteiger partial charge in [0.1, 0.15) is 11.3 Å². The first-order chi connectivity index (χ1) is 8.78. The molecule has 0 atom stereocenters. The van der Waals surface area contributed by atoms with E-state index in [0.717, 1.165) is 16.8 Å². The van der Waals surface area contributed by atoms with Gasteiger partial charge in [0.05, 0.1) is 12.1 Å². The molecule has 1 aromatic heterocycles. The van der Waals surface area contributed by atoms with Crippen LogP contribution >= 0.6 is 11.6 Å². The standard InChI is InChI=1S/C14H10ClNO2/c1-17-10-5-2-4-9(8-10)14-16-12-7-3-6-11(15)13(12)18-14/h2-8H,1H3. The molecule has 0 spiro atoms. The lowest BCUT2D eigenvalue weighted by molar-refractivity contribution is 0.415. The normalized spacial score (nSPS) is 10.8. The summed E-state index contributed by atoms with van der Waals surface area (Å²) in [6.07, 6.45) is 0. The Morgan fingerprint density at radius 1 is 1.17 bits per heavy atom. The number of methoxy groups -OCH3 is 1. The van der Waals surface area contributed by atoms with Crippen molar-refractivity contribution in [1.29, 1.82) is 0 Å². The van der Waals surface area contributed by atoms with Crippen LogP contribution in [-0.2, 0) is 0 Å². The van der Waals surface area contributed by atoms with Crippen molar-refractivity contribution in [3.8, 4) is 17.2 Å². The number of para-hydroxylation sites is 1. The van der Waals surface area contributed by atoms with Gasteiger partial charge in [0.25, 0.3) is 0 Å². The highest BCUT2D eigenvalue weighted by molar-refractivity contribution is 6.34. The molecule has 0 aliphatic carbocycles. The third-order valence-corrected chi connectivity index (χ3v) is 2.98. The fraction of sp³-hybridized carbons (Fsp3) is 0.0714. The van der Waals surface area contributed by atoms with Crippen LogP contribution in [0.5, 0.6) is 5.75 Å². The summed E-state index contributed by atoms with van der Waals surface area (Å²) in [6.45, 7) is 0. The van der Waals surface area contributed by atoms with Gasteiger partial charge >= 0.3 is 0 Å². The maximum absolute atomic E-state index is 6.06. The number of fused-ring (bicyclic) bond motifs is 1. The number of hydrogen-bond acceptors (Lipinski definition) is 3. The number of halogens is 1. The fourth-order valence-electron chi connectivity index (χ4n) is 1.80. The van der Waals surface area contributed by atoms with Gasteiger partial charge in [-0.3, -0.25) is 0 Å². The monoisotopic (exact) mass is 259 g/mol. The average Bonchev–Trinajstić information content (AvgIpc) is 2.84. The molecule has 4 heteroatoms. The Morgan fingerprint density at radius 2 is 2.00 bits per heavy atom.